The van der Waals surface area contributed by atoms with Crippen molar-refractivity contribution >= 4 is 22.7 Å². The van der Waals surface area contributed by atoms with Crippen molar-refractivity contribution in [1.29, 1.82) is 0 Å². The Bertz CT molecular complexity index is 947. The number of fused-ring (bicyclic) bond motifs is 2. The molecular weight excluding hydrogens is 324 g/mol. The van der Waals surface area contributed by atoms with Crippen LogP contribution >= 0.6 is 0 Å². The molecule has 128 valence electrons. The molecule has 0 aliphatic carbocycles. The molecule has 0 saturated carbocycles. The zero-order valence-electron chi connectivity index (χ0n) is 13.2. The standard InChI is InChI=1S/C17H16N4O4/c18-16-15-10(20-17(19)21-16)2-1-3-12(15)25-14(7-22)9-4-5-11-13(6-9)24-8-23-11/h1-6,14,22H,7-8H2,(H4,18,19,20,21). The molecule has 5 N–H and O–H groups in total. The van der Waals surface area contributed by atoms with Crippen LogP contribution in [-0.4, -0.2) is 28.5 Å². The van der Waals surface area contributed by atoms with Gasteiger partial charge in [-0.25, -0.2) is 4.98 Å². The highest BCUT2D eigenvalue weighted by Gasteiger charge is 2.20. The van der Waals surface area contributed by atoms with Gasteiger partial charge in [0.15, 0.2) is 11.5 Å². The molecule has 1 aromatic heterocycles. The SMILES string of the molecule is Nc1nc(N)c2c(OC(CO)c3ccc4c(c3)OCO4)cccc2n1. The van der Waals surface area contributed by atoms with E-state index in [1.807, 2.05) is 6.07 Å². The number of aromatic nitrogens is 2. The summed E-state index contributed by atoms with van der Waals surface area (Å²) in [6.07, 6.45) is -0.614. The minimum absolute atomic E-state index is 0.0941. The molecule has 0 fully saturated rings. The van der Waals surface area contributed by atoms with Crippen molar-refractivity contribution in [3.8, 4) is 17.2 Å². The Morgan fingerprint density at radius 2 is 1.96 bits per heavy atom. The Morgan fingerprint density at radius 3 is 2.80 bits per heavy atom. The summed E-state index contributed by atoms with van der Waals surface area (Å²) >= 11 is 0. The van der Waals surface area contributed by atoms with Crippen LogP contribution < -0.4 is 25.7 Å². The molecule has 0 saturated heterocycles. The number of aliphatic hydroxyl groups excluding tert-OH is 1. The molecule has 0 radical (unpaired) electrons. The van der Waals surface area contributed by atoms with Gasteiger partial charge in [0.1, 0.15) is 17.7 Å². The van der Waals surface area contributed by atoms with Crippen molar-refractivity contribution < 1.29 is 19.3 Å². The third-order valence-electron chi connectivity index (χ3n) is 3.93. The van der Waals surface area contributed by atoms with Gasteiger partial charge in [-0.05, 0) is 29.8 Å². The van der Waals surface area contributed by atoms with Crippen LogP contribution in [0, 0.1) is 0 Å². The molecule has 25 heavy (non-hydrogen) atoms. The van der Waals surface area contributed by atoms with Crippen molar-refractivity contribution in [2.24, 2.45) is 0 Å². The molecule has 8 heteroatoms. The van der Waals surface area contributed by atoms with Gasteiger partial charge in [0.2, 0.25) is 12.7 Å². The van der Waals surface area contributed by atoms with E-state index in [1.165, 1.54) is 0 Å². The number of aliphatic hydroxyl groups is 1. The molecule has 3 aromatic rings. The Hall–Kier alpha value is -3.26. The first-order valence-electron chi connectivity index (χ1n) is 7.64. The van der Waals surface area contributed by atoms with E-state index in [2.05, 4.69) is 9.97 Å². The highest BCUT2D eigenvalue weighted by atomic mass is 16.7. The summed E-state index contributed by atoms with van der Waals surface area (Å²) in [7, 11) is 0. The number of hydrogen-bond donors (Lipinski definition) is 3. The molecule has 1 aliphatic heterocycles. The van der Waals surface area contributed by atoms with Crippen LogP contribution in [0.25, 0.3) is 10.9 Å². The van der Waals surface area contributed by atoms with Crippen LogP contribution in [0.1, 0.15) is 11.7 Å². The van der Waals surface area contributed by atoms with E-state index in [1.54, 1.807) is 30.3 Å². The summed E-state index contributed by atoms with van der Waals surface area (Å²) in [6, 6.07) is 10.7. The third-order valence-corrected chi connectivity index (χ3v) is 3.93. The summed E-state index contributed by atoms with van der Waals surface area (Å²) in [5, 5.41) is 10.3. The molecule has 0 bridgehead atoms. The minimum atomic E-state index is -0.614. The van der Waals surface area contributed by atoms with Crippen molar-refractivity contribution in [2.45, 2.75) is 6.10 Å². The first kappa shape index (κ1) is 15.3. The van der Waals surface area contributed by atoms with E-state index in [0.29, 0.717) is 28.2 Å². The van der Waals surface area contributed by atoms with Crippen LogP contribution in [0.4, 0.5) is 11.8 Å². The average Bonchev–Trinajstić information content (AvgIpc) is 3.06. The topological polar surface area (TPSA) is 126 Å². The third kappa shape index (κ3) is 2.72. The first-order chi connectivity index (χ1) is 12.2. The monoisotopic (exact) mass is 340 g/mol. The van der Waals surface area contributed by atoms with Crippen LogP contribution in [0.2, 0.25) is 0 Å². The smallest absolute Gasteiger partial charge is 0.231 e. The Balaban J connectivity index is 1.72. The van der Waals surface area contributed by atoms with Crippen molar-refractivity contribution in [2.75, 3.05) is 24.9 Å². The second-order valence-corrected chi connectivity index (χ2v) is 5.52. The number of nitrogens with zero attached hydrogens (tertiary/aromatic N) is 2. The van der Waals surface area contributed by atoms with Crippen molar-refractivity contribution in [1.82, 2.24) is 9.97 Å². The summed E-state index contributed by atoms with van der Waals surface area (Å²) in [6.45, 7) is -0.0478. The maximum atomic E-state index is 9.80. The normalized spacial score (nSPS) is 13.8. The van der Waals surface area contributed by atoms with Crippen molar-refractivity contribution in [3.63, 3.8) is 0 Å². The predicted octanol–water partition coefficient (Wildman–Crippen LogP) is 1.64. The van der Waals surface area contributed by atoms with Gasteiger partial charge >= 0.3 is 0 Å². The molecular formula is C17H16N4O4. The van der Waals surface area contributed by atoms with E-state index < -0.39 is 6.10 Å². The highest BCUT2D eigenvalue weighted by Crippen LogP contribution is 2.37. The van der Waals surface area contributed by atoms with Crippen LogP contribution in [0.5, 0.6) is 17.2 Å². The van der Waals surface area contributed by atoms with Crippen LogP contribution in [-0.2, 0) is 0 Å². The number of nitrogens with two attached hydrogens (primary N) is 2. The van der Waals surface area contributed by atoms with Gasteiger partial charge in [-0.3, -0.25) is 0 Å². The minimum Gasteiger partial charge on any atom is -0.482 e. The fourth-order valence-electron chi connectivity index (χ4n) is 2.77. The fraction of sp³-hybridized carbons (Fsp3) is 0.176. The van der Waals surface area contributed by atoms with E-state index in [-0.39, 0.29) is 25.2 Å². The quantitative estimate of drug-likeness (QED) is 0.654. The number of hydrogen-bond acceptors (Lipinski definition) is 8. The van der Waals surface area contributed by atoms with Gasteiger partial charge in [0, 0.05) is 0 Å². The molecule has 2 aromatic carbocycles. The second-order valence-electron chi connectivity index (χ2n) is 5.52. The zero-order chi connectivity index (χ0) is 17.4. The maximum absolute atomic E-state index is 9.80. The van der Waals surface area contributed by atoms with E-state index >= 15 is 0 Å². The predicted molar refractivity (Wildman–Crippen MR) is 91.4 cm³/mol. The summed E-state index contributed by atoms with van der Waals surface area (Å²) in [5.74, 6) is 2.07. The van der Waals surface area contributed by atoms with Gasteiger partial charge in [-0.2, -0.15) is 4.98 Å². The van der Waals surface area contributed by atoms with Gasteiger partial charge in [0.05, 0.1) is 17.5 Å². The Kier molecular flexibility index (Phi) is 3.66. The Morgan fingerprint density at radius 1 is 1.12 bits per heavy atom. The van der Waals surface area contributed by atoms with Crippen LogP contribution in [0.3, 0.4) is 0 Å². The Labute approximate surface area is 143 Å². The number of nitrogen functional groups attached to an aromatic ring is 2. The van der Waals surface area contributed by atoms with E-state index in [0.717, 1.165) is 5.56 Å². The van der Waals surface area contributed by atoms with E-state index in [9.17, 15) is 5.11 Å². The zero-order valence-corrected chi connectivity index (χ0v) is 13.2. The van der Waals surface area contributed by atoms with Gasteiger partial charge in [-0.1, -0.05) is 12.1 Å². The number of anilines is 2. The molecule has 4 rings (SSSR count). The summed E-state index contributed by atoms with van der Waals surface area (Å²) < 4.78 is 16.7. The molecule has 1 unspecified atom stereocenters. The summed E-state index contributed by atoms with van der Waals surface area (Å²) in [5.41, 5.74) is 12.9. The lowest BCUT2D eigenvalue weighted by Gasteiger charge is -2.19. The lowest BCUT2D eigenvalue weighted by molar-refractivity contribution is 0.117. The number of rotatable bonds is 4. The maximum Gasteiger partial charge on any atom is 0.231 e. The average molecular weight is 340 g/mol. The largest absolute Gasteiger partial charge is 0.482 e. The number of benzene rings is 2. The molecule has 8 nitrogen and oxygen atoms in total. The van der Waals surface area contributed by atoms with Crippen molar-refractivity contribution in [3.05, 3.63) is 42.0 Å². The molecule has 0 amide bonds. The molecule has 1 atom stereocenters. The van der Waals surface area contributed by atoms with Gasteiger partial charge < -0.3 is 30.8 Å². The fourth-order valence-corrected chi connectivity index (χ4v) is 2.77. The van der Waals surface area contributed by atoms with Gasteiger partial charge in [-0.15, -0.1) is 0 Å². The number of ether oxygens (including phenoxy) is 3. The first-order valence-corrected chi connectivity index (χ1v) is 7.64. The second kappa shape index (κ2) is 5.99. The molecule has 1 aliphatic rings. The molecule has 0 spiro atoms. The lowest BCUT2D eigenvalue weighted by atomic mass is 10.1. The molecule has 2 heterocycles. The van der Waals surface area contributed by atoms with E-state index in [4.69, 9.17) is 25.7 Å². The highest BCUT2D eigenvalue weighted by molar-refractivity contribution is 5.94. The van der Waals surface area contributed by atoms with Crippen LogP contribution in [0.15, 0.2) is 36.4 Å². The lowest BCUT2D eigenvalue weighted by Crippen LogP contribution is -2.13. The summed E-state index contributed by atoms with van der Waals surface area (Å²) in [4.78, 5) is 8.14. The van der Waals surface area contributed by atoms with Gasteiger partial charge in [0.25, 0.3) is 0 Å².